The summed E-state index contributed by atoms with van der Waals surface area (Å²) in [6.45, 7) is 3.25. The van der Waals surface area contributed by atoms with Crippen molar-refractivity contribution in [3.63, 3.8) is 0 Å². The molecule has 3 aromatic carbocycles. The van der Waals surface area contributed by atoms with E-state index in [4.69, 9.17) is 4.74 Å². The molecule has 0 aliphatic heterocycles. The van der Waals surface area contributed by atoms with E-state index in [1.807, 2.05) is 0 Å². The van der Waals surface area contributed by atoms with Crippen molar-refractivity contribution in [1.82, 2.24) is 0 Å². The average Bonchev–Trinajstić information content (AvgIpc) is 2.79. The Balaban J connectivity index is 1.63. The Morgan fingerprint density at radius 2 is 1.62 bits per heavy atom. The van der Waals surface area contributed by atoms with E-state index in [1.165, 1.54) is 11.2 Å². The van der Waals surface area contributed by atoms with Crippen LogP contribution in [0.15, 0.2) is 83.8 Å². The van der Waals surface area contributed by atoms with Gasteiger partial charge in [-0.1, -0.05) is 30.3 Å². The zero-order valence-electron chi connectivity index (χ0n) is 17.8. The highest BCUT2D eigenvalue weighted by Gasteiger charge is 2.23. The molecule has 32 heavy (non-hydrogen) atoms. The molecule has 0 saturated heterocycles. The second-order valence-electron chi connectivity index (χ2n) is 6.95. The number of amides is 1. The van der Waals surface area contributed by atoms with Crippen LogP contribution in [-0.2, 0) is 14.8 Å². The fourth-order valence-corrected chi connectivity index (χ4v) is 4.58. The maximum atomic E-state index is 12.9. The molecule has 0 aliphatic carbocycles. The minimum atomic E-state index is -3.68. The Bertz CT molecular complexity index is 1190. The number of Topliss-reactive ketones (excluding diaryl/α,β-unsaturated/α-hetero) is 1. The molecule has 1 amide bonds. The van der Waals surface area contributed by atoms with E-state index in [2.05, 4.69) is 5.32 Å². The smallest absolute Gasteiger partial charge is 0.264 e. The van der Waals surface area contributed by atoms with Gasteiger partial charge in [0.25, 0.3) is 15.9 Å². The lowest BCUT2D eigenvalue weighted by Crippen LogP contribution is -2.30. The predicted octanol–water partition coefficient (Wildman–Crippen LogP) is 4.12. The van der Waals surface area contributed by atoms with Crippen molar-refractivity contribution >= 4 is 33.1 Å². The molecule has 1 N–H and O–H groups in total. The average molecular weight is 453 g/mol. The van der Waals surface area contributed by atoms with E-state index in [0.717, 1.165) is 0 Å². The summed E-state index contributed by atoms with van der Waals surface area (Å²) >= 11 is 0. The maximum Gasteiger partial charge on any atom is 0.264 e. The molecule has 0 spiro atoms. The zero-order valence-corrected chi connectivity index (χ0v) is 18.6. The van der Waals surface area contributed by atoms with Crippen LogP contribution in [0.4, 0.5) is 11.4 Å². The van der Waals surface area contributed by atoms with Crippen LogP contribution in [-0.4, -0.2) is 33.3 Å². The molecule has 0 heterocycles. The molecule has 0 atom stereocenters. The van der Waals surface area contributed by atoms with Crippen LogP contribution in [0.1, 0.15) is 24.2 Å². The third kappa shape index (κ3) is 5.53. The standard InChI is InChI=1S/C24H24N2O5S/c1-3-26(32(29,30)23-10-5-4-6-11-23)21-12-14-22(15-13-21)31-17-24(28)25-20-9-7-8-19(16-20)18(2)27/h4-16H,3,17H2,1-2H3,(H,25,28). The van der Waals surface area contributed by atoms with Gasteiger partial charge in [0.2, 0.25) is 0 Å². The van der Waals surface area contributed by atoms with Crippen LogP contribution >= 0.6 is 0 Å². The largest absolute Gasteiger partial charge is 0.484 e. The van der Waals surface area contributed by atoms with Gasteiger partial charge in [0.05, 0.1) is 10.6 Å². The van der Waals surface area contributed by atoms with Gasteiger partial charge in [-0.3, -0.25) is 13.9 Å². The van der Waals surface area contributed by atoms with Crippen LogP contribution in [0.3, 0.4) is 0 Å². The number of anilines is 2. The van der Waals surface area contributed by atoms with E-state index < -0.39 is 10.0 Å². The highest BCUT2D eigenvalue weighted by molar-refractivity contribution is 7.92. The number of benzene rings is 3. The number of hydrogen-bond acceptors (Lipinski definition) is 5. The summed E-state index contributed by atoms with van der Waals surface area (Å²) in [5.74, 6) is -0.0426. The van der Waals surface area contributed by atoms with Crippen molar-refractivity contribution in [3.05, 3.63) is 84.4 Å². The van der Waals surface area contributed by atoms with Gasteiger partial charge in [-0.2, -0.15) is 0 Å². The van der Waals surface area contributed by atoms with Crippen molar-refractivity contribution in [1.29, 1.82) is 0 Å². The summed E-state index contributed by atoms with van der Waals surface area (Å²) in [7, 11) is -3.68. The van der Waals surface area contributed by atoms with Crippen LogP contribution < -0.4 is 14.4 Å². The summed E-state index contributed by atoms with van der Waals surface area (Å²) in [6.07, 6.45) is 0. The Morgan fingerprint density at radius 1 is 0.938 bits per heavy atom. The Labute approximate surface area is 187 Å². The number of carbonyl (C=O) groups excluding carboxylic acids is 2. The summed E-state index contributed by atoms with van der Waals surface area (Å²) < 4.78 is 32.7. The monoisotopic (exact) mass is 452 g/mol. The first-order chi connectivity index (χ1) is 15.3. The third-order valence-corrected chi connectivity index (χ3v) is 6.58. The number of sulfonamides is 1. The summed E-state index contributed by atoms with van der Waals surface area (Å²) in [4.78, 5) is 23.8. The van der Waals surface area contributed by atoms with E-state index in [9.17, 15) is 18.0 Å². The minimum Gasteiger partial charge on any atom is -0.484 e. The van der Waals surface area contributed by atoms with Crippen LogP contribution in [0.2, 0.25) is 0 Å². The Hall–Kier alpha value is -3.65. The predicted molar refractivity (Wildman–Crippen MR) is 124 cm³/mol. The summed E-state index contributed by atoms with van der Waals surface area (Å²) in [6, 6.07) is 21.4. The SMILES string of the molecule is CCN(c1ccc(OCC(=O)Nc2cccc(C(C)=O)c2)cc1)S(=O)(=O)c1ccccc1. The van der Waals surface area contributed by atoms with Gasteiger partial charge in [-0.25, -0.2) is 8.42 Å². The quantitative estimate of drug-likeness (QED) is 0.493. The normalized spacial score (nSPS) is 10.9. The van der Waals surface area contributed by atoms with E-state index in [1.54, 1.807) is 85.8 Å². The fourth-order valence-electron chi connectivity index (χ4n) is 3.08. The lowest BCUT2D eigenvalue weighted by molar-refractivity contribution is -0.118. The van der Waals surface area contributed by atoms with Crippen LogP contribution in [0.5, 0.6) is 5.75 Å². The first-order valence-electron chi connectivity index (χ1n) is 10.0. The fraction of sp³-hybridized carbons (Fsp3) is 0.167. The van der Waals surface area contributed by atoms with Gasteiger partial charge in [0, 0.05) is 17.8 Å². The van der Waals surface area contributed by atoms with Crippen molar-refractivity contribution in [2.75, 3.05) is 22.8 Å². The molecule has 3 aromatic rings. The van der Waals surface area contributed by atoms with Gasteiger partial charge in [0.15, 0.2) is 12.4 Å². The molecule has 7 nitrogen and oxygen atoms in total. The minimum absolute atomic E-state index is 0.0900. The maximum absolute atomic E-state index is 12.9. The molecule has 0 aliphatic rings. The molecule has 0 unspecified atom stereocenters. The lowest BCUT2D eigenvalue weighted by atomic mass is 10.1. The number of carbonyl (C=O) groups is 2. The van der Waals surface area contributed by atoms with Crippen molar-refractivity contribution in [2.45, 2.75) is 18.7 Å². The second kappa shape index (κ2) is 10.1. The van der Waals surface area contributed by atoms with Crippen molar-refractivity contribution < 1.29 is 22.7 Å². The molecule has 0 radical (unpaired) electrons. The molecular weight excluding hydrogens is 428 g/mol. The molecule has 0 saturated carbocycles. The number of nitrogens with zero attached hydrogens (tertiary/aromatic N) is 1. The van der Waals surface area contributed by atoms with Gasteiger partial charge >= 0.3 is 0 Å². The van der Waals surface area contributed by atoms with Crippen molar-refractivity contribution in [2.24, 2.45) is 0 Å². The van der Waals surface area contributed by atoms with Gasteiger partial charge in [-0.05, 0) is 62.4 Å². The lowest BCUT2D eigenvalue weighted by Gasteiger charge is -2.23. The molecule has 0 fully saturated rings. The second-order valence-corrected chi connectivity index (χ2v) is 8.81. The van der Waals surface area contributed by atoms with Gasteiger partial charge in [-0.15, -0.1) is 0 Å². The molecule has 8 heteroatoms. The zero-order chi connectivity index (χ0) is 23.1. The molecule has 0 bridgehead atoms. The topological polar surface area (TPSA) is 92.8 Å². The number of ketones is 1. The number of ether oxygens (including phenoxy) is 1. The number of nitrogens with one attached hydrogen (secondary N) is 1. The molecular formula is C24H24N2O5S. The molecule has 3 rings (SSSR count). The highest BCUT2D eigenvalue weighted by atomic mass is 32.2. The first-order valence-corrected chi connectivity index (χ1v) is 11.5. The van der Waals surface area contributed by atoms with Crippen LogP contribution in [0.25, 0.3) is 0 Å². The van der Waals surface area contributed by atoms with E-state index in [0.29, 0.717) is 22.7 Å². The number of rotatable bonds is 9. The van der Waals surface area contributed by atoms with Gasteiger partial charge in [0.1, 0.15) is 5.75 Å². The summed E-state index contributed by atoms with van der Waals surface area (Å²) in [5.41, 5.74) is 1.51. The summed E-state index contributed by atoms with van der Waals surface area (Å²) in [5, 5.41) is 2.68. The Morgan fingerprint density at radius 3 is 2.25 bits per heavy atom. The Kier molecular flexibility index (Phi) is 7.27. The third-order valence-electron chi connectivity index (χ3n) is 4.67. The van der Waals surface area contributed by atoms with Crippen LogP contribution in [0, 0.1) is 0 Å². The van der Waals surface area contributed by atoms with E-state index >= 15 is 0 Å². The van der Waals surface area contributed by atoms with Gasteiger partial charge < -0.3 is 10.1 Å². The molecule has 166 valence electrons. The highest BCUT2D eigenvalue weighted by Crippen LogP contribution is 2.25. The van der Waals surface area contributed by atoms with E-state index in [-0.39, 0.29) is 29.7 Å². The number of hydrogen-bond donors (Lipinski definition) is 1. The first kappa shape index (κ1) is 23.0. The van der Waals surface area contributed by atoms with Crippen molar-refractivity contribution in [3.8, 4) is 5.75 Å². The molecule has 0 aromatic heterocycles.